The van der Waals surface area contributed by atoms with Crippen LogP contribution < -0.4 is 10.6 Å². The lowest BCUT2D eigenvalue weighted by Crippen LogP contribution is -2.22. The Morgan fingerprint density at radius 3 is 2.60 bits per heavy atom. The molecule has 0 spiro atoms. The molecule has 1 aromatic carbocycles. The molecule has 2 N–H and O–H groups in total. The molecule has 1 atom stereocenters. The summed E-state index contributed by atoms with van der Waals surface area (Å²) in [7, 11) is 0. The number of aryl methyl sites for hydroxylation is 1. The zero-order valence-electron chi connectivity index (χ0n) is 8.00. The number of rotatable bonds is 1. The van der Waals surface area contributed by atoms with E-state index in [-0.39, 0.29) is 5.82 Å². The normalized spacial score (nSPS) is 20.0. The molecule has 5 heteroatoms. The minimum absolute atomic E-state index is 0.360. The lowest BCUT2D eigenvalue weighted by molar-refractivity contribution is -0.120. The summed E-state index contributed by atoms with van der Waals surface area (Å²) in [5.74, 6) is -0.768. The van der Waals surface area contributed by atoms with Gasteiger partial charge in [-0.05, 0) is 30.2 Å². The maximum absolute atomic E-state index is 12.8. The molecule has 1 aliphatic rings. The number of carbonyl (C=O) groups excluding carboxylic acids is 2. The van der Waals surface area contributed by atoms with E-state index < -0.39 is 18.0 Å². The van der Waals surface area contributed by atoms with Crippen molar-refractivity contribution in [2.45, 2.75) is 13.0 Å². The van der Waals surface area contributed by atoms with Crippen molar-refractivity contribution in [1.29, 1.82) is 0 Å². The number of halogens is 1. The smallest absolute Gasteiger partial charge is 0.322 e. The van der Waals surface area contributed by atoms with E-state index in [1.54, 1.807) is 6.92 Å². The Hall–Kier alpha value is -1.91. The average molecular weight is 208 g/mol. The molecule has 4 nitrogen and oxygen atoms in total. The molecule has 0 bridgehead atoms. The van der Waals surface area contributed by atoms with Crippen LogP contribution in [0.3, 0.4) is 0 Å². The Kier molecular flexibility index (Phi) is 2.15. The van der Waals surface area contributed by atoms with Crippen LogP contribution in [0.5, 0.6) is 0 Å². The van der Waals surface area contributed by atoms with Crippen LogP contribution in [0.1, 0.15) is 17.2 Å². The maximum atomic E-state index is 12.8. The lowest BCUT2D eigenvalue weighted by Gasteiger charge is -2.10. The number of urea groups is 1. The molecule has 1 unspecified atom stereocenters. The third kappa shape index (κ3) is 1.68. The highest BCUT2D eigenvalue weighted by Crippen LogP contribution is 2.21. The van der Waals surface area contributed by atoms with Gasteiger partial charge in [0.25, 0.3) is 5.91 Å². The van der Waals surface area contributed by atoms with Crippen molar-refractivity contribution in [3.8, 4) is 0 Å². The van der Waals surface area contributed by atoms with Gasteiger partial charge in [-0.25, -0.2) is 9.18 Å². The minimum atomic E-state index is -0.710. The second kappa shape index (κ2) is 3.34. The predicted molar refractivity (Wildman–Crippen MR) is 50.6 cm³/mol. The third-order valence-electron chi connectivity index (χ3n) is 2.32. The summed E-state index contributed by atoms with van der Waals surface area (Å²) in [6, 6.07) is 2.86. The summed E-state index contributed by atoms with van der Waals surface area (Å²) in [6.45, 7) is 1.69. The number of amides is 3. The standard InChI is InChI=1S/C10H9FN2O2/c1-5-4-6(11)2-3-7(5)8-9(14)13-10(15)12-8/h2-4,8H,1H3,(H2,12,13,14,15). The van der Waals surface area contributed by atoms with Crippen LogP contribution >= 0.6 is 0 Å². The Bertz CT molecular complexity index is 445. The number of benzene rings is 1. The third-order valence-corrected chi connectivity index (χ3v) is 2.32. The highest BCUT2D eigenvalue weighted by Gasteiger charge is 2.31. The van der Waals surface area contributed by atoms with Gasteiger partial charge in [-0.3, -0.25) is 10.1 Å². The van der Waals surface area contributed by atoms with Crippen LogP contribution in [0.2, 0.25) is 0 Å². The average Bonchev–Trinajstić information content (AvgIpc) is 2.45. The molecule has 3 amide bonds. The Balaban J connectivity index is 2.38. The number of hydrogen-bond donors (Lipinski definition) is 2. The van der Waals surface area contributed by atoms with Gasteiger partial charge in [0.1, 0.15) is 11.9 Å². The van der Waals surface area contributed by atoms with E-state index in [0.29, 0.717) is 11.1 Å². The zero-order valence-corrected chi connectivity index (χ0v) is 8.00. The molecule has 78 valence electrons. The SMILES string of the molecule is Cc1cc(F)ccc1C1NC(=O)NC1=O. The van der Waals surface area contributed by atoms with Crippen molar-refractivity contribution >= 4 is 11.9 Å². The van der Waals surface area contributed by atoms with E-state index in [1.807, 2.05) is 0 Å². The number of nitrogens with one attached hydrogen (secondary N) is 2. The first-order valence-corrected chi connectivity index (χ1v) is 4.45. The fraction of sp³-hybridized carbons (Fsp3) is 0.200. The summed E-state index contributed by atoms with van der Waals surface area (Å²) in [5.41, 5.74) is 1.25. The first-order valence-electron chi connectivity index (χ1n) is 4.45. The fourth-order valence-electron chi connectivity index (χ4n) is 1.60. The molecule has 1 saturated heterocycles. The van der Waals surface area contributed by atoms with Crippen molar-refractivity contribution < 1.29 is 14.0 Å². The molecular formula is C10H9FN2O2. The van der Waals surface area contributed by atoms with Crippen molar-refractivity contribution in [3.63, 3.8) is 0 Å². The van der Waals surface area contributed by atoms with Crippen LogP contribution in [0.15, 0.2) is 18.2 Å². The van der Waals surface area contributed by atoms with Crippen LogP contribution in [0, 0.1) is 12.7 Å². The molecule has 0 radical (unpaired) electrons. The lowest BCUT2D eigenvalue weighted by atomic mass is 10.0. The Labute approximate surface area is 85.5 Å². The van der Waals surface area contributed by atoms with Crippen molar-refractivity contribution in [1.82, 2.24) is 10.6 Å². The van der Waals surface area contributed by atoms with Crippen LogP contribution in [0.25, 0.3) is 0 Å². The number of carbonyl (C=O) groups is 2. The van der Waals surface area contributed by atoms with Crippen LogP contribution in [-0.4, -0.2) is 11.9 Å². The molecule has 0 aliphatic carbocycles. The van der Waals surface area contributed by atoms with Gasteiger partial charge in [0, 0.05) is 0 Å². The van der Waals surface area contributed by atoms with E-state index in [1.165, 1.54) is 18.2 Å². The van der Waals surface area contributed by atoms with E-state index in [9.17, 15) is 14.0 Å². The molecule has 1 aliphatic heterocycles. The highest BCUT2D eigenvalue weighted by atomic mass is 19.1. The van der Waals surface area contributed by atoms with Crippen LogP contribution in [0.4, 0.5) is 9.18 Å². The van der Waals surface area contributed by atoms with Crippen molar-refractivity contribution in [2.75, 3.05) is 0 Å². The molecule has 15 heavy (non-hydrogen) atoms. The first-order chi connectivity index (χ1) is 7.08. The van der Waals surface area contributed by atoms with E-state index in [0.717, 1.165) is 0 Å². The van der Waals surface area contributed by atoms with Gasteiger partial charge in [0.05, 0.1) is 0 Å². The molecule has 2 rings (SSSR count). The first kappa shape index (κ1) is 9.64. The predicted octanol–water partition coefficient (Wildman–Crippen LogP) is 1.01. The number of hydrogen-bond acceptors (Lipinski definition) is 2. The monoisotopic (exact) mass is 208 g/mol. The second-order valence-electron chi connectivity index (χ2n) is 3.40. The van der Waals surface area contributed by atoms with Gasteiger partial charge in [0.15, 0.2) is 0 Å². The summed E-state index contributed by atoms with van der Waals surface area (Å²) >= 11 is 0. The maximum Gasteiger partial charge on any atom is 0.322 e. The van der Waals surface area contributed by atoms with Gasteiger partial charge < -0.3 is 5.32 Å². The fourth-order valence-corrected chi connectivity index (χ4v) is 1.60. The molecule has 1 fully saturated rings. The van der Waals surface area contributed by atoms with E-state index >= 15 is 0 Å². The Morgan fingerprint density at radius 1 is 1.33 bits per heavy atom. The summed E-state index contributed by atoms with van der Waals surface area (Å²) in [4.78, 5) is 22.2. The molecule has 1 aromatic rings. The molecular weight excluding hydrogens is 199 g/mol. The summed E-state index contributed by atoms with van der Waals surface area (Å²) < 4.78 is 12.8. The molecule has 0 aromatic heterocycles. The van der Waals surface area contributed by atoms with Gasteiger partial charge >= 0.3 is 6.03 Å². The zero-order chi connectivity index (χ0) is 11.0. The van der Waals surface area contributed by atoms with E-state index in [4.69, 9.17) is 0 Å². The molecule has 1 heterocycles. The van der Waals surface area contributed by atoms with Gasteiger partial charge in [0.2, 0.25) is 0 Å². The van der Waals surface area contributed by atoms with Gasteiger partial charge in [-0.15, -0.1) is 0 Å². The highest BCUT2D eigenvalue weighted by molar-refractivity contribution is 6.04. The minimum Gasteiger partial charge on any atom is -0.322 e. The summed E-state index contributed by atoms with van der Waals surface area (Å²) in [5, 5.41) is 4.58. The quantitative estimate of drug-likeness (QED) is 0.677. The van der Waals surface area contributed by atoms with Crippen LogP contribution in [-0.2, 0) is 4.79 Å². The summed E-state index contributed by atoms with van der Waals surface area (Å²) in [6.07, 6.45) is 0. The van der Waals surface area contributed by atoms with Crippen molar-refractivity contribution in [2.24, 2.45) is 0 Å². The largest absolute Gasteiger partial charge is 0.322 e. The molecule has 0 saturated carbocycles. The van der Waals surface area contributed by atoms with E-state index in [2.05, 4.69) is 10.6 Å². The van der Waals surface area contributed by atoms with Gasteiger partial charge in [-0.1, -0.05) is 6.07 Å². The van der Waals surface area contributed by atoms with Gasteiger partial charge in [-0.2, -0.15) is 0 Å². The Morgan fingerprint density at radius 2 is 2.07 bits per heavy atom. The van der Waals surface area contributed by atoms with Crippen molar-refractivity contribution in [3.05, 3.63) is 35.1 Å². The number of imide groups is 1. The second-order valence-corrected chi connectivity index (χ2v) is 3.40. The topological polar surface area (TPSA) is 58.2 Å².